The van der Waals surface area contributed by atoms with E-state index in [1.54, 1.807) is 24.3 Å². The van der Waals surface area contributed by atoms with E-state index < -0.39 is 9.84 Å². The van der Waals surface area contributed by atoms with Gasteiger partial charge in [-0.1, -0.05) is 22.7 Å². The lowest BCUT2D eigenvalue weighted by Crippen LogP contribution is -1.99. The van der Waals surface area contributed by atoms with Crippen molar-refractivity contribution < 1.29 is 8.42 Å². The van der Waals surface area contributed by atoms with E-state index >= 15 is 0 Å². The quantitative estimate of drug-likeness (QED) is 0.544. The van der Waals surface area contributed by atoms with Gasteiger partial charge in [0.1, 0.15) is 6.72 Å². The molecule has 13 heavy (non-hydrogen) atoms. The predicted molar refractivity (Wildman–Crippen MR) is 52.2 cm³/mol. The second kappa shape index (κ2) is 3.62. The van der Waals surface area contributed by atoms with Crippen molar-refractivity contribution in [2.45, 2.75) is 11.8 Å². The van der Waals surface area contributed by atoms with Crippen molar-refractivity contribution in [2.24, 2.45) is 4.99 Å². The molecule has 0 aliphatic heterocycles. The van der Waals surface area contributed by atoms with Crippen molar-refractivity contribution in [1.29, 1.82) is 0 Å². The summed E-state index contributed by atoms with van der Waals surface area (Å²) in [6.45, 7) is 5.00. The second-order valence-electron chi connectivity index (χ2n) is 2.65. The topological polar surface area (TPSA) is 46.5 Å². The fraction of sp³-hybridized carbons (Fsp3) is 0.111. The summed E-state index contributed by atoms with van der Waals surface area (Å²) in [5, 5.41) is 0. The fourth-order valence-corrected chi connectivity index (χ4v) is 1.72. The summed E-state index contributed by atoms with van der Waals surface area (Å²) in [6, 6.07) is 6.58. The van der Waals surface area contributed by atoms with Gasteiger partial charge in [0, 0.05) is 0 Å². The highest BCUT2D eigenvalue weighted by Crippen LogP contribution is 2.14. The molecule has 1 aromatic carbocycles. The van der Waals surface area contributed by atoms with Crippen LogP contribution in [-0.2, 0) is 9.84 Å². The average Bonchev–Trinajstić information content (AvgIpc) is 2.05. The Kier molecular flexibility index (Phi) is 2.72. The molecule has 0 spiro atoms. The van der Waals surface area contributed by atoms with Crippen molar-refractivity contribution in [1.82, 2.24) is 0 Å². The molecule has 4 heteroatoms. The Bertz CT molecular complexity index is 392. The van der Waals surface area contributed by atoms with Crippen molar-refractivity contribution in [3.63, 3.8) is 0 Å². The van der Waals surface area contributed by atoms with Gasteiger partial charge in [-0.05, 0) is 19.1 Å². The van der Waals surface area contributed by atoms with Crippen molar-refractivity contribution >= 4 is 16.6 Å². The van der Waals surface area contributed by atoms with Crippen LogP contribution in [0.3, 0.4) is 0 Å². The molecule has 0 aromatic heterocycles. The summed E-state index contributed by atoms with van der Waals surface area (Å²) in [4.78, 5) is 3.48. The molecule has 0 saturated carbocycles. The van der Waals surface area contributed by atoms with Gasteiger partial charge in [0.25, 0.3) is 15.7 Å². The molecule has 0 N–H and O–H groups in total. The molecule has 0 bridgehead atoms. The third-order valence-electron chi connectivity index (χ3n) is 1.56. The summed E-state index contributed by atoms with van der Waals surface area (Å²) in [7, 11) is -3.38. The first kappa shape index (κ1) is 9.80. The van der Waals surface area contributed by atoms with Crippen LogP contribution in [0.15, 0.2) is 34.2 Å². The highest BCUT2D eigenvalue weighted by atomic mass is 32.2. The molecule has 0 aliphatic carbocycles. The van der Waals surface area contributed by atoms with Crippen LogP contribution < -0.4 is 0 Å². The van der Waals surface area contributed by atoms with Crippen molar-refractivity contribution in [3.8, 4) is 0 Å². The number of aliphatic imine (C=N–C) groups is 1. The van der Waals surface area contributed by atoms with E-state index in [-0.39, 0.29) is 4.90 Å². The fourth-order valence-electron chi connectivity index (χ4n) is 0.887. The number of rotatable bonds is 3. The van der Waals surface area contributed by atoms with Gasteiger partial charge >= 0.3 is 0 Å². The number of sulfone groups is 1. The normalized spacial score (nSPS) is 10.8. The van der Waals surface area contributed by atoms with E-state index in [2.05, 4.69) is 11.7 Å². The summed E-state index contributed by atoms with van der Waals surface area (Å²) in [5.74, 6) is 0.845. The Hall–Kier alpha value is -1.29. The Morgan fingerprint density at radius 2 is 1.85 bits per heavy atom. The molecule has 0 fully saturated rings. The second-order valence-corrected chi connectivity index (χ2v) is 4.42. The van der Waals surface area contributed by atoms with Gasteiger partial charge in [0.15, 0.2) is 0 Å². The molecule has 1 rings (SSSR count). The molecule has 0 amide bonds. The summed E-state index contributed by atoms with van der Waals surface area (Å²) in [6.07, 6.45) is 0. The van der Waals surface area contributed by atoms with E-state index in [0.29, 0.717) is 0 Å². The number of aryl methyl sites for hydroxylation is 1. The first-order chi connectivity index (χ1) is 6.06. The lowest BCUT2D eigenvalue weighted by Gasteiger charge is -1.96. The van der Waals surface area contributed by atoms with Crippen LogP contribution in [0.1, 0.15) is 5.56 Å². The average molecular weight is 196 g/mol. The Morgan fingerprint density at radius 3 is 2.31 bits per heavy atom. The maximum Gasteiger partial charge on any atom is 0.283 e. The minimum atomic E-state index is -3.38. The van der Waals surface area contributed by atoms with Crippen LogP contribution in [0, 0.1) is 12.8 Å². The van der Waals surface area contributed by atoms with Crippen LogP contribution in [0.2, 0.25) is 0 Å². The molecule has 0 radical (unpaired) electrons. The van der Waals surface area contributed by atoms with Crippen LogP contribution in [0.4, 0.5) is 0 Å². The number of hydrogen-bond donors (Lipinski definition) is 0. The Labute approximate surface area is 78.0 Å². The third-order valence-corrected chi connectivity index (χ3v) is 2.92. The lowest BCUT2D eigenvalue weighted by atomic mass is 10.2. The Balaban J connectivity index is 3.08. The van der Waals surface area contributed by atoms with Gasteiger partial charge in [-0.2, -0.15) is 8.42 Å². The molecule has 0 atom stereocenters. The summed E-state index contributed by atoms with van der Waals surface area (Å²) < 4.78 is 22.7. The monoisotopic (exact) mass is 196 g/mol. The minimum absolute atomic E-state index is 0.241. The van der Waals surface area contributed by atoms with E-state index in [1.807, 2.05) is 6.92 Å². The van der Waals surface area contributed by atoms with Crippen molar-refractivity contribution in [2.75, 3.05) is 0 Å². The van der Waals surface area contributed by atoms with Gasteiger partial charge < -0.3 is 0 Å². The molecule has 0 unspecified atom stereocenters. The lowest BCUT2D eigenvalue weighted by molar-refractivity contribution is 0.601. The highest BCUT2D eigenvalue weighted by molar-refractivity contribution is 7.93. The zero-order valence-corrected chi connectivity index (χ0v) is 8.08. The van der Waals surface area contributed by atoms with Gasteiger partial charge in [-0.3, -0.25) is 0 Å². The molecule has 0 saturated heterocycles. The van der Waals surface area contributed by atoms with Gasteiger partial charge in [0.05, 0.1) is 4.90 Å². The maximum atomic E-state index is 11.4. The third kappa shape index (κ3) is 2.32. The maximum absolute atomic E-state index is 11.4. The molecule has 68 valence electrons. The molecule has 1 aromatic rings. The first-order valence-corrected chi connectivity index (χ1v) is 5.22. The molecular formula is C9H10NO2S+. The zero-order valence-electron chi connectivity index (χ0n) is 7.27. The van der Waals surface area contributed by atoms with Crippen LogP contribution in [-0.4, -0.2) is 15.1 Å². The molecule has 0 aliphatic rings. The van der Waals surface area contributed by atoms with E-state index in [0.717, 1.165) is 11.4 Å². The molecule has 0 heterocycles. The smallest absolute Gasteiger partial charge is 0.197 e. The van der Waals surface area contributed by atoms with Gasteiger partial charge in [0.2, 0.25) is 0 Å². The van der Waals surface area contributed by atoms with E-state index in [9.17, 15) is 8.42 Å². The Morgan fingerprint density at radius 1 is 1.31 bits per heavy atom. The first-order valence-electron chi connectivity index (χ1n) is 3.67. The zero-order chi connectivity index (χ0) is 9.90. The molecular weight excluding hydrogens is 186 g/mol. The highest BCUT2D eigenvalue weighted by Gasteiger charge is 2.18. The predicted octanol–water partition coefficient (Wildman–Crippen LogP) is 1.59. The number of hydrogen-bond acceptors (Lipinski definition) is 3. The SMILES string of the molecule is C=N[CH+]S(=O)(=O)c1ccc(C)cc1. The van der Waals surface area contributed by atoms with Crippen LogP contribution in [0.5, 0.6) is 0 Å². The minimum Gasteiger partial charge on any atom is -0.197 e. The van der Waals surface area contributed by atoms with Gasteiger partial charge in [-0.25, -0.2) is 0 Å². The summed E-state index contributed by atoms with van der Waals surface area (Å²) in [5.41, 5.74) is 1.02. The standard InChI is InChI=1S/C9H10NO2S/c1-8-3-5-9(6-4-8)13(11,12)7-10-2/h3-7H,2H2,1H3/q+1. The number of nitrogens with zero attached hydrogens (tertiary/aromatic N) is 1. The molecule has 3 nitrogen and oxygen atoms in total. The number of benzene rings is 1. The van der Waals surface area contributed by atoms with Crippen molar-refractivity contribution in [3.05, 3.63) is 35.7 Å². The van der Waals surface area contributed by atoms with Crippen LogP contribution >= 0.6 is 0 Å². The van der Waals surface area contributed by atoms with Crippen LogP contribution in [0.25, 0.3) is 0 Å². The van der Waals surface area contributed by atoms with E-state index in [1.165, 1.54) is 0 Å². The summed E-state index contributed by atoms with van der Waals surface area (Å²) >= 11 is 0. The van der Waals surface area contributed by atoms with Gasteiger partial charge in [-0.15, -0.1) is 0 Å². The van der Waals surface area contributed by atoms with E-state index in [4.69, 9.17) is 0 Å². The largest absolute Gasteiger partial charge is 0.283 e.